The minimum absolute atomic E-state index is 0.0549. The highest BCUT2D eigenvalue weighted by Crippen LogP contribution is 2.27. The zero-order valence-corrected chi connectivity index (χ0v) is 16.5. The molecule has 1 amide bonds. The fourth-order valence-electron chi connectivity index (χ4n) is 2.67. The van der Waals surface area contributed by atoms with Crippen molar-refractivity contribution < 1.29 is 9.53 Å². The molecule has 1 heterocycles. The molecular formula is C22H30N2O2. The van der Waals surface area contributed by atoms with Gasteiger partial charge in [0.25, 0.3) is 0 Å². The SMILES string of the molecule is CCOCc1cncc(-c2ccc(C(C)(C)C(=O)NCC(C)C)cc2)c1. The topological polar surface area (TPSA) is 51.2 Å². The van der Waals surface area contributed by atoms with Crippen LogP contribution in [0, 0.1) is 5.92 Å². The van der Waals surface area contributed by atoms with E-state index in [4.69, 9.17) is 4.74 Å². The van der Waals surface area contributed by atoms with Gasteiger partial charge in [0.2, 0.25) is 5.91 Å². The molecule has 1 aromatic carbocycles. The molecule has 140 valence electrons. The van der Waals surface area contributed by atoms with Gasteiger partial charge in [0.15, 0.2) is 0 Å². The van der Waals surface area contributed by atoms with Gasteiger partial charge in [-0.05, 0) is 49.4 Å². The molecular weight excluding hydrogens is 324 g/mol. The lowest BCUT2D eigenvalue weighted by Gasteiger charge is -2.25. The van der Waals surface area contributed by atoms with Gasteiger partial charge in [0.1, 0.15) is 0 Å². The van der Waals surface area contributed by atoms with Crippen LogP contribution in [0.4, 0.5) is 0 Å². The molecule has 26 heavy (non-hydrogen) atoms. The van der Waals surface area contributed by atoms with Crippen LogP contribution in [0.5, 0.6) is 0 Å². The number of carbonyl (C=O) groups is 1. The van der Waals surface area contributed by atoms with Gasteiger partial charge in [-0.25, -0.2) is 0 Å². The van der Waals surface area contributed by atoms with E-state index in [2.05, 4.69) is 30.2 Å². The lowest BCUT2D eigenvalue weighted by Crippen LogP contribution is -2.41. The van der Waals surface area contributed by atoms with Gasteiger partial charge in [-0.2, -0.15) is 0 Å². The Hall–Kier alpha value is -2.20. The number of nitrogens with one attached hydrogen (secondary N) is 1. The summed E-state index contributed by atoms with van der Waals surface area (Å²) in [6.45, 7) is 12.0. The Morgan fingerprint density at radius 3 is 2.46 bits per heavy atom. The van der Waals surface area contributed by atoms with Crippen molar-refractivity contribution in [3.05, 3.63) is 53.9 Å². The molecule has 1 N–H and O–H groups in total. The Morgan fingerprint density at radius 1 is 1.15 bits per heavy atom. The van der Waals surface area contributed by atoms with E-state index in [1.54, 1.807) is 0 Å². The van der Waals surface area contributed by atoms with E-state index in [-0.39, 0.29) is 5.91 Å². The largest absolute Gasteiger partial charge is 0.377 e. The van der Waals surface area contributed by atoms with Gasteiger partial charge in [0.05, 0.1) is 12.0 Å². The lowest BCUT2D eigenvalue weighted by molar-refractivity contribution is -0.125. The molecule has 0 saturated heterocycles. The number of pyridine rings is 1. The average Bonchev–Trinajstić information content (AvgIpc) is 2.64. The first kappa shape index (κ1) is 20.1. The van der Waals surface area contributed by atoms with Crippen molar-refractivity contribution in [2.45, 2.75) is 46.6 Å². The van der Waals surface area contributed by atoms with Crippen molar-refractivity contribution in [3.63, 3.8) is 0 Å². The Morgan fingerprint density at radius 2 is 1.85 bits per heavy atom. The third-order valence-corrected chi connectivity index (χ3v) is 4.45. The molecule has 0 radical (unpaired) electrons. The molecule has 2 aromatic rings. The Labute approximate surface area is 157 Å². The summed E-state index contributed by atoms with van der Waals surface area (Å²) in [5.74, 6) is 0.493. The molecule has 2 rings (SSSR count). The summed E-state index contributed by atoms with van der Waals surface area (Å²) in [6, 6.07) is 10.2. The van der Waals surface area contributed by atoms with Gasteiger partial charge in [-0.15, -0.1) is 0 Å². The van der Waals surface area contributed by atoms with Gasteiger partial charge >= 0.3 is 0 Å². The highest BCUT2D eigenvalue weighted by Gasteiger charge is 2.29. The predicted octanol–water partition coefficient (Wildman–Crippen LogP) is 4.33. The summed E-state index contributed by atoms with van der Waals surface area (Å²) < 4.78 is 5.46. The molecule has 0 saturated carbocycles. The molecule has 0 bridgehead atoms. The van der Waals surface area contributed by atoms with Gasteiger partial charge < -0.3 is 10.1 Å². The molecule has 0 unspecified atom stereocenters. The van der Waals surface area contributed by atoms with Crippen molar-refractivity contribution in [1.82, 2.24) is 10.3 Å². The van der Waals surface area contributed by atoms with Crippen molar-refractivity contribution in [2.75, 3.05) is 13.2 Å². The molecule has 0 atom stereocenters. The molecule has 0 spiro atoms. The number of hydrogen-bond acceptors (Lipinski definition) is 3. The molecule has 0 aliphatic carbocycles. The molecule has 0 fully saturated rings. The second-order valence-electron chi connectivity index (χ2n) is 7.53. The third kappa shape index (κ3) is 5.15. The first-order chi connectivity index (χ1) is 12.3. The smallest absolute Gasteiger partial charge is 0.230 e. The summed E-state index contributed by atoms with van der Waals surface area (Å²) in [7, 11) is 0. The van der Waals surface area contributed by atoms with Crippen LogP contribution in [0.1, 0.15) is 45.7 Å². The van der Waals surface area contributed by atoms with Crippen LogP contribution in [-0.2, 0) is 21.6 Å². The number of ether oxygens (including phenoxy) is 1. The minimum atomic E-state index is -0.567. The van der Waals surface area contributed by atoms with E-state index in [1.807, 2.05) is 57.4 Å². The standard InChI is InChI=1S/C22H30N2O2/c1-6-26-15-17-11-19(14-23-13-17)18-7-9-20(10-8-18)22(4,5)21(25)24-12-16(2)3/h7-11,13-14,16H,6,12,15H2,1-5H3,(H,24,25). The number of hydrogen-bond donors (Lipinski definition) is 1. The maximum Gasteiger partial charge on any atom is 0.230 e. The second kappa shape index (κ2) is 8.95. The van der Waals surface area contributed by atoms with Gasteiger partial charge in [-0.1, -0.05) is 38.1 Å². The summed E-state index contributed by atoms with van der Waals surface area (Å²) in [5.41, 5.74) is 3.62. The first-order valence-electron chi connectivity index (χ1n) is 9.25. The normalized spacial score (nSPS) is 11.6. The quantitative estimate of drug-likeness (QED) is 0.767. The van der Waals surface area contributed by atoms with Crippen molar-refractivity contribution in [3.8, 4) is 11.1 Å². The van der Waals surface area contributed by atoms with E-state index in [0.29, 0.717) is 25.7 Å². The van der Waals surface area contributed by atoms with Crippen molar-refractivity contribution >= 4 is 5.91 Å². The fourth-order valence-corrected chi connectivity index (χ4v) is 2.67. The lowest BCUT2D eigenvalue weighted by atomic mass is 9.83. The molecule has 4 heteroatoms. The zero-order chi connectivity index (χ0) is 19.2. The summed E-state index contributed by atoms with van der Waals surface area (Å²) in [5, 5.41) is 3.03. The van der Waals surface area contributed by atoms with E-state index in [9.17, 15) is 4.79 Å². The minimum Gasteiger partial charge on any atom is -0.377 e. The van der Waals surface area contributed by atoms with E-state index in [1.165, 1.54) is 0 Å². The van der Waals surface area contributed by atoms with Crippen LogP contribution in [0.3, 0.4) is 0 Å². The second-order valence-corrected chi connectivity index (χ2v) is 7.53. The molecule has 1 aromatic heterocycles. The monoisotopic (exact) mass is 354 g/mol. The molecule has 0 aliphatic rings. The van der Waals surface area contributed by atoms with Crippen LogP contribution >= 0.6 is 0 Å². The van der Waals surface area contributed by atoms with E-state index in [0.717, 1.165) is 22.3 Å². The number of carbonyl (C=O) groups excluding carboxylic acids is 1. The number of benzene rings is 1. The Bertz CT molecular complexity index is 721. The predicted molar refractivity (Wildman–Crippen MR) is 106 cm³/mol. The Kier molecular flexibility index (Phi) is 6.92. The van der Waals surface area contributed by atoms with Gasteiger partial charge in [0, 0.05) is 31.1 Å². The van der Waals surface area contributed by atoms with Crippen LogP contribution in [0.15, 0.2) is 42.7 Å². The average molecular weight is 354 g/mol. The molecule has 0 aliphatic heterocycles. The summed E-state index contributed by atoms with van der Waals surface area (Å²) in [4.78, 5) is 16.8. The Balaban J connectivity index is 2.16. The number of aromatic nitrogens is 1. The summed E-state index contributed by atoms with van der Waals surface area (Å²) >= 11 is 0. The molecule has 4 nitrogen and oxygen atoms in total. The van der Waals surface area contributed by atoms with Crippen LogP contribution < -0.4 is 5.32 Å². The zero-order valence-electron chi connectivity index (χ0n) is 16.5. The van der Waals surface area contributed by atoms with Crippen molar-refractivity contribution in [2.24, 2.45) is 5.92 Å². The maximum absolute atomic E-state index is 12.5. The van der Waals surface area contributed by atoms with Crippen LogP contribution in [0.25, 0.3) is 11.1 Å². The van der Waals surface area contributed by atoms with E-state index >= 15 is 0 Å². The van der Waals surface area contributed by atoms with Gasteiger partial charge in [-0.3, -0.25) is 9.78 Å². The highest BCUT2D eigenvalue weighted by atomic mass is 16.5. The number of amides is 1. The first-order valence-corrected chi connectivity index (χ1v) is 9.25. The number of rotatable bonds is 8. The van der Waals surface area contributed by atoms with E-state index < -0.39 is 5.41 Å². The summed E-state index contributed by atoms with van der Waals surface area (Å²) in [6.07, 6.45) is 3.68. The van der Waals surface area contributed by atoms with Crippen LogP contribution in [-0.4, -0.2) is 24.0 Å². The van der Waals surface area contributed by atoms with Crippen LogP contribution in [0.2, 0.25) is 0 Å². The van der Waals surface area contributed by atoms with Crippen molar-refractivity contribution in [1.29, 1.82) is 0 Å². The number of nitrogens with zero attached hydrogens (tertiary/aromatic N) is 1. The maximum atomic E-state index is 12.5. The third-order valence-electron chi connectivity index (χ3n) is 4.45. The highest BCUT2D eigenvalue weighted by molar-refractivity contribution is 5.87. The fraction of sp³-hybridized carbons (Fsp3) is 0.455.